The minimum Gasteiger partial charge on any atom is -0.372 e. The normalized spacial score (nSPS) is 14.9. The Morgan fingerprint density at radius 1 is 1.44 bits per heavy atom. The summed E-state index contributed by atoms with van der Waals surface area (Å²) in [6.07, 6.45) is 2.21. The third-order valence-electron chi connectivity index (χ3n) is 2.38. The lowest BCUT2D eigenvalue weighted by Gasteiger charge is -2.29. The Balaban J connectivity index is 0.000000386. The van der Waals surface area contributed by atoms with E-state index in [-0.39, 0.29) is 6.41 Å². The number of piperazine rings is 1. The van der Waals surface area contributed by atoms with Gasteiger partial charge >= 0.3 is 0 Å². The number of hydrogen-bond donors (Lipinski definition) is 2. The minimum absolute atomic E-state index is 0.250. The summed E-state index contributed by atoms with van der Waals surface area (Å²) >= 11 is 0. The maximum Gasteiger partial charge on any atom is 0.204 e. The van der Waals surface area contributed by atoms with E-state index in [1.807, 2.05) is 13.1 Å². The molecule has 0 radical (unpaired) electrons. The average Bonchev–Trinajstić information content (AvgIpc) is 2.32. The molecule has 1 fully saturated rings. The maximum absolute atomic E-state index is 8.58. The Morgan fingerprint density at radius 3 is 2.56 bits per heavy atom. The fraction of sp³-hybridized carbons (Fsp3) is 0.455. The number of rotatable bonds is 1. The van der Waals surface area contributed by atoms with Crippen molar-refractivity contribution in [1.82, 2.24) is 10.3 Å². The molecule has 1 aliphatic rings. The second-order valence-electron chi connectivity index (χ2n) is 3.53. The van der Waals surface area contributed by atoms with Crippen molar-refractivity contribution in [3.63, 3.8) is 0 Å². The lowest BCUT2D eigenvalue weighted by atomic mass is 10.3. The molecule has 1 aromatic heterocycles. The van der Waals surface area contributed by atoms with Crippen molar-refractivity contribution in [3.05, 3.63) is 24.0 Å². The van der Waals surface area contributed by atoms with Gasteiger partial charge in [0.2, 0.25) is 6.41 Å². The van der Waals surface area contributed by atoms with Crippen LogP contribution in [0.5, 0.6) is 0 Å². The molecule has 16 heavy (non-hydrogen) atoms. The van der Waals surface area contributed by atoms with Crippen LogP contribution in [0.15, 0.2) is 18.3 Å². The molecular weight excluding hydrogens is 204 g/mol. The molecule has 0 unspecified atom stereocenters. The number of aryl methyl sites for hydroxylation is 1. The first kappa shape index (κ1) is 12.4. The highest BCUT2D eigenvalue weighted by Crippen LogP contribution is 2.12. The molecule has 1 aromatic rings. The van der Waals surface area contributed by atoms with Gasteiger partial charge in [-0.25, -0.2) is 0 Å². The van der Waals surface area contributed by atoms with Gasteiger partial charge in [0.1, 0.15) is 0 Å². The van der Waals surface area contributed by atoms with Crippen LogP contribution in [0.25, 0.3) is 0 Å². The second kappa shape index (κ2) is 6.79. The molecule has 5 nitrogen and oxygen atoms in total. The van der Waals surface area contributed by atoms with Crippen molar-refractivity contribution in [3.8, 4) is 0 Å². The van der Waals surface area contributed by atoms with Gasteiger partial charge in [-0.2, -0.15) is 0 Å². The van der Waals surface area contributed by atoms with E-state index in [0.29, 0.717) is 0 Å². The van der Waals surface area contributed by atoms with Gasteiger partial charge in [0.15, 0.2) is 0 Å². The third-order valence-corrected chi connectivity index (χ3v) is 2.38. The van der Waals surface area contributed by atoms with E-state index in [4.69, 9.17) is 4.79 Å². The summed E-state index contributed by atoms with van der Waals surface area (Å²) < 4.78 is 0. The number of carbonyl (C=O) groups is 1. The summed E-state index contributed by atoms with van der Waals surface area (Å²) in [7, 11) is 0. The standard InChI is InChI=1S/C10H15N3.CH3NO/c1-9-2-3-10(8-12-9)13-6-4-11-5-7-13;2-1-3/h2-3,8,11H,4-7H2,1H3;1H,(H2,2,3). The number of pyridine rings is 1. The van der Waals surface area contributed by atoms with Crippen LogP contribution in [0, 0.1) is 6.92 Å². The monoisotopic (exact) mass is 222 g/mol. The van der Waals surface area contributed by atoms with Gasteiger partial charge in [-0.3, -0.25) is 9.78 Å². The highest BCUT2D eigenvalue weighted by molar-refractivity contribution is 5.44. The molecule has 3 N–H and O–H groups in total. The summed E-state index contributed by atoms with van der Waals surface area (Å²) in [5, 5.41) is 3.33. The van der Waals surface area contributed by atoms with Gasteiger partial charge in [0, 0.05) is 31.9 Å². The van der Waals surface area contributed by atoms with Crippen LogP contribution >= 0.6 is 0 Å². The average molecular weight is 222 g/mol. The molecule has 2 rings (SSSR count). The molecule has 0 saturated carbocycles. The van der Waals surface area contributed by atoms with Crippen molar-refractivity contribution in [1.29, 1.82) is 0 Å². The van der Waals surface area contributed by atoms with E-state index in [9.17, 15) is 0 Å². The zero-order valence-electron chi connectivity index (χ0n) is 9.52. The highest BCUT2D eigenvalue weighted by atomic mass is 16.1. The van der Waals surface area contributed by atoms with E-state index in [1.165, 1.54) is 5.69 Å². The van der Waals surface area contributed by atoms with Crippen molar-refractivity contribution in [2.24, 2.45) is 5.73 Å². The lowest BCUT2D eigenvalue weighted by Crippen LogP contribution is -2.43. The van der Waals surface area contributed by atoms with Gasteiger partial charge in [0.05, 0.1) is 11.9 Å². The van der Waals surface area contributed by atoms with Crippen molar-refractivity contribution in [2.45, 2.75) is 6.92 Å². The smallest absolute Gasteiger partial charge is 0.204 e. The summed E-state index contributed by atoms with van der Waals surface area (Å²) in [6.45, 7) is 6.35. The van der Waals surface area contributed by atoms with E-state index in [2.05, 4.69) is 33.1 Å². The zero-order valence-corrected chi connectivity index (χ0v) is 9.52. The van der Waals surface area contributed by atoms with Crippen LogP contribution in [0.3, 0.4) is 0 Å². The Labute approximate surface area is 95.7 Å². The zero-order chi connectivity index (χ0) is 11.8. The largest absolute Gasteiger partial charge is 0.372 e. The van der Waals surface area contributed by atoms with Gasteiger partial charge in [-0.15, -0.1) is 0 Å². The summed E-state index contributed by atoms with van der Waals surface area (Å²) in [4.78, 5) is 15.2. The molecule has 1 amide bonds. The molecule has 5 heteroatoms. The number of amides is 1. The summed E-state index contributed by atoms with van der Waals surface area (Å²) in [6, 6.07) is 4.21. The van der Waals surface area contributed by atoms with Crippen LogP contribution in [0.4, 0.5) is 5.69 Å². The number of primary amides is 1. The van der Waals surface area contributed by atoms with Crippen molar-refractivity contribution >= 4 is 12.1 Å². The van der Waals surface area contributed by atoms with Gasteiger partial charge in [-0.1, -0.05) is 0 Å². The molecule has 1 saturated heterocycles. The predicted octanol–water partition coefficient (Wildman–Crippen LogP) is -0.0989. The van der Waals surface area contributed by atoms with Crippen LogP contribution in [-0.2, 0) is 4.79 Å². The molecule has 0 bridgehead atoms. The molecular formula is C11H18N4O. The molecule has 0 spiro atoms. The molecule has 2 heterocycles. The fourth-order valence-corrected chi connectivity index (χ4v) is 1.57. The Kier molecular flexibility index (Phi) is 5.28. The molecule has 1 aliphatic heterocycles. The summed E-state index contributed by atoms with van der Waals surface area (Å²) in [5.74, 6) is 0. The Hall–Kier alpha value is -1.62. The topological polar surface area (TPSA) is 71.2 Å². The lowest BCUT2D eigenvalue weighted by molar-refractivity contribution is -0.106. The van der Waals surface area contributed by atoms with E-state index >= 15 is 0 Å². The van der Waals surface area contributed by atoms with E-state index in [0.717, 1.165) is 31.9 Å². The van der Waals surface area contributed by atoms with Crippen molar-refractivity contribution in [2.75, 3.05) is 31.1 Å². The number of nitrogens with zero attached hydrogens (tertiary/aromatic N) is 2. The van der Waals surface area contributed by atoms with Gasteiger partial charge < -0.3 is 16.0 Å². The SMILES string of the molecule is Cc1ccc(N2CCNCC2)cn1.NC=O. The van der Waals surface area contributed by atoms with Crippen LogP contribution < -0.4 is 16.0 Å². The third kappa shape index (κ3) is 3.86. The molecule has 0 atom stereocenters. The first-order chi connectivity index (χ1) is 7.77. The number of nitrogens with one attached hydrogen (secondary N) is 1. The van der Waals surface area contributed by atoms with Gasteiger partial charge in [0.25, 0.3) is 0 Å². The Bertz CT molecular complexity index is 306. The minimum atomic E-state index is 0.250. The quantitative estimate of drug-likeness (QED) is 0.651. The van der Waals surface area contributed by atoms with E-state index < -0.39 is 0 Å². The molecule has 0 aromatic carbocycles. The van der Waals surface area contributed by atoms with E-state index in [1.54, 1.807) is 0 Å². The highest BCUT2D eigenvalue weighted by Gasteiger charge is 2.09. The molecule has 88 valence electrons. The Morgan fingerprint density at radius 2 is 2.06 bits per heavy atom. The number of anilines is 1. The number of aromatic nitrogens is 1. The van der Waals surface area contributed by atoms with Crippen LogP contribution in [0.2, 0.25) is 0 Å². The molecule has 0 aliphatic carbocycles. The first-order valence-electron chi connectivity index (χ1n) is 5.31. The number of carbonyl (C=O) groups excluding carboxylic acids is 1. The number of nitrogens with two attached hydrogens (primary N) is 1. The first-order valence-corrected chi connectivity index (χ1v) is 5.31. The van der Waals surface area contributed by atoms with Crippen molar-refractivity contribution < 1.29 is 4.79 Å². The number of hydrogen-bond acceptors (Lipinski definition) is 4. The van der Waals surface area contributed by atoms with Crippen LogP contribution in [0.1, 0.15) is 5.69 Å². The second-order valence-corrected chi connectivity index (χ2v) is 3.53. The van der Waals surface area contributed by atoms with Crippen LogP contribution in [-0.4, -0.2) is 37.6 Å². The summed E-state index contributed by atoms with van der Waals surface area (Å²) in [5.41, 5.74) is 6.49. The maximum atomic E-state index is 8.58. The van der Waals surface area contributed by atoms with Gasteiger partial charge in [-0.05, 0) is 19.1 Å². The fourth-order valence-electron chi connectivity index (χ4n) is 1.57. The predicted molar refractivity (Wildman–Crippen MR) is 64.3 cm³/mol.